The minimum Gasteiger partial charge on any atom is -0.497 e. The van der Waals surface area contributed by atoms with Gasteiger partial charge in [-0.3, -0.25) is 19.9 Å². The quantitative estimate of drug-likeness (QED) is 0.429. The predicted octanol–water partition coefficient (Wildman–Crippen LogP) is 5.42. The zero-order valence-electron chi connectivity index (χ0n) is 18.1. The Kier molecular flexibility index (Phi) is 7.20. The Morgan fingerprint density at radius 1 is 1.09 bits per heavy atom. The summed E-state index contributed by atoms with van der Waals surface area (Å²) < 4.78 is 10.9. The van der Waals surface area contributed by atoms with Crippen LogP contribution in [0.15, 0.2) is 77.7 Å². The van der Waals surface area contributed by atoms with Crippen molar-refractivity contribution in [1.82, 2.24) is 0 Å². The number of amidine groups is 1. The van der Waals surface area contributed by atoms with Crippen molar-refractivity contribution in [3.05, 3.63) is 88.3 Å². The first kappa shape index (κ1) is 23.4. The van der Waals surface area contributed by atoms with Gasteiger partial charge in [0.05, 0.1) is 17.7 Å². The lowest BCUT2D eigenvalue weighted by molar-refractivity contribution is -0.118. The van der Waals surface area contributed by atoms with Crippen LogP contribution in [-0.2, 0) is 9.59 Å². The topological polar surface area (TPSA) is 91.7 Å². The van der Waals surface area contributed by atoms with Crippen LogP contribution < -0.4 is 19.7 Å². The van der Waals surface area contributed by atoms with Crippen LogP contribution in [0.5, 0.6) is 11.5 Å². The molecule has 2 amide bonds. The van der Waals surface area contributed by atoms with E-state index in [1.165, 1.54) is 4.90 Å². The molecule has 1 heterocycles. The molecule has 4 rings (SSSR count). The Hall–Kier alpha value is -3.75. The summed E-state index contributed by atoms with van der Waals surface area (Å²) in [6.45, 7) is -0.211. The number of rotatable bonds is 7. The van der Waals surface area contributed by atoms with Crippen LogP contribution in [0.3, 0.4) is 0 Å². The number of halogens is 1. The highest BCUT2D eigenvalue weighted by Crippen LogP contribution is 2.36. The molecule has 0 unspecified atom stereocenters. The van der Waals surface area contributed by atoms with Gasteiger partial charge in [0.1, 0.15) is 11.5 Å². The molecule has 0 aliphatic carbocycles. The maximum Gasteiger partial charge on any atom is 0.271 e. The molecule has 34 heavy (non-hydrogen) atoms. The van der Waals surface area contributed by atoms with Crippen LogP contribution >= 0.6 is 23.4 Å². The number of thioether (sulfide) groups is 1. The Labute approximate surface area is 205 Å². The number of methoxy groups -OCH3 is 1. The minimum atomic E-state index is -0.330. The lowest BCUT2D eigenvalue weighted by Crippen LogP contribution is -2.28. The lowest BCUT2D eigenvalue weighted by Gasteiger charge is -2.14. The zero-order chi connectivity index (χ0) is 24.1. The molecule has 0 saturated carbocycles. The molecule has 1 aliphatic rings. The fourth-order valence-corrected chi connectivity index (χ4v) is 4.18. The molecular formula is C25H20ClN3O4S. The van der Waals surface area contributed by atoms with Crippen molar-refractivity contribution in [3.63, 3.8) is 0 Å². The van der Waals surface area contributed by atoms with E-state index in [0.717, 1.165) is 11.8 Å². The molecule has 0 bridgehead atoms. The van der Waals surface area contributed by atoms with E-state index in [1.54, 1.807) is 79.9 Å². The van der Waals surface area contributed by atoms with Crippen molar-refractivity contribution in [2.24, 2.45) is 0 Å². The van der Waals surface area contributed by atoms with Gasteiger partial charge in [-0.1, -0.05) is 29.8 Å². The maximum absolute atomic E-state index is 13.0. The van der Waals surface area contributed by atoms with Gasteiger partial charge in [-0.05, 0) is 72.4 Å². The van der Waals surface area contributed by atoms with Gasteiger partial charge in [0.15, 0.2) is 11.8 Å². The van der Waals surface area contributed by atoms with E-state index in [2.05, 4.69) is 5.32 Å². The fourth-order valence-electron chi connectivity index (χ4n) is 3.20. The molecule has 0 aromatic heterocycles. The number of nitrogens with one attached hydrogen (secondary N) is 2. The maximum atomic E-state index is 13.0. The number of para-hydroxylation sites is 1. The van der Waals surface area contributed by atoms with Crippen LogP contribution in [0, 0.1) is 5.41 Å². The molecule has 172 valence electrons. The normalized spacial score (nSPS) is 14.4. The number of carbonyl (C=O) groups excluding carboxylic acids is 2. The molecule has 0 atom stereocenters. The summed E-state index contributed by atoms with van der Waals surface area (Å²) >= 11 is 6.92. The van der Waals surface area contributed by atoms with Crippen LogP contribution in [0.25, 0.3) is 6.08 Å². The summed E-state index contributed by atoms with van der Waals surface area (Å²) in [7, 11) is 1.57. The molecule has 2 N–H and O–H groups in total. The Morgan fingerprint density at radius 3 is 2.50 bits per heavy atom. The number of hydrogen-bond donors (Lipinski definition) is 2. The summed E-state index contributed by atoms with van der Waals surface area (Å²) in [5.41, 5.74) is 1.82. The van der Waals surface area contributed by atoms with Gasteiger partial charge < -0.3 is 14.8 Å². The van der Waals surface area contributed by atoms with Crippen LogP contribution in [0.2, 0.25) is 5.02 Å². The van der Waals surface area contributed by atoms with Gasteiger partial charge >= 0.3 is 0 Å². The lowest BCUT2D eigenvalue weighted by atomic mass is 10.2. The molecule has 3 aromatic carbocycles. The van der Waals surface area contributed by atoms with Crippen LogP contribution in [-0.4, -0.2) is 30.7 Å². The first-order valence-electron chi connectivity index (χ1n) is 10.2. The van der Waals surface area contributed by atoms with Gasteiger partial charge in [0, 0.05) is 16.3 Å². The summed E-state index contributed by atoms with van der Waals surface area (Å²) in [4.78, 5) is 27.0. The Balaban J connectivity index is 1.47. The van der Waals surface area contributed by atoms with E-state index in [1.807, 2.05) is 6.07 Å². The van der Waals surface area contributed by atoms with Crippen molar-refractivity contribution in [1.29, 1.82) is 5.41 Å². The van der Waals surface area contributed by atoms with Gasteiger partial charge in [0.25, 0.3) is 11.8 Å². The first-order valence-corrected chi connectivity index (χ1v) is 11.4. The van der Waals surface area contributed by atoms with Gasteiger partial charge in [0.2, 0.25) is 0 Å². The second-order valence-electron chi connectivity index (χ2n) is 7.14. The Morgan fingerprint density at radius 2 is 1.79 bits per heavy atom. The number of benzene rings is 3. The molecule has 3 aromatic rings. The monoisotopic (exact) mass is 493 g/mol. The highest BCUT2D eigenvalue weighted by Gasteiger charge is 2.33. The molecule has 1 fully saturated rings. The number of hydrogen-bond acceptors (Lipinski definition) is 6. The van der Waals surface area contributed by atoms with Gasteiger partial charge in [-0.15, -0.1) is 0 Å². The van der Waals surface area contributed by atoms with E-state index in [9.17, 15) is 9.59 Å². The number of nitrogens with zero attached hydrogens (tertiary/aromatic N) is 1. The van der Waals surface area contributed by atoms with Crippen molar-refractivity contribution < 1.29 is 19.1 Å². The fraction of sp³-hybridized carbons (Fsp3) is 0.0800. The summed E-state index contributed by atoms with van der Waals surface area (Å²) in [5.74, 6) is 0.472. The number of ether oxygens (including phenoxy) is 2. The summed E-state index contributed by atoms with van der Waals surface area (Å²) in [5, 5.41) is 11.7. The molecule has 0 spiro atoms. The predicted molar refractivity (Wildman–Crippen MR) is 136 cm³/mol. The summed E-state index contributed by atoms with van der Waals surface area (Å²) in [6.07, 6.45) is 1.66. The molecule has 1 saturated heterocycles. The van der Waals surface area contributed by atoms with Gasteiger partial charge in [-0.25, -0.2) is 0 Å². The van der Waals surface area contributed by atoms with E-state index in [4.69, 9.17) is 26.5 Å². The molecule has 0 radical (unpaired) electrons. The largest absolute Gasteiger partial charge is 0.497 e. The van der Waals surface area contributed by atoms with E-state index < -0.39 is 0 Å². The highest BCUT2D eigenvalue weighted by atomic mass is 35.5. The van der Waals surface area contributed by atoms with Crippen molar-refractivity contribution in [2.45, 2.75) is 0 Å². The third kappa shape index (κ3) is 5.41. The SMILES string of the molecule is COc1ccc(N2C(=N)S/C(=C\c3ccccc3OCC(=O)Nc3ccc(Cl)cc3)C2=O)cc1. The average Bonchev–Trinajstić information content (AvgIpc) is 3.12. The molecule has 1 aliphatic heterocycles. The second kappa shape index (κ2) is 10.5. The minimum absolute atomic E-state index is 0.0992. The standard InChI is InChI=1S/C25H20ClN3O4S/c1-32-20-12-10-19(11-13-20)29-24(31)22(34-25(29)27)14-16-4-2-3-5-21(16)33-15-23(30)28-18-8-6-17(26)7-9-18/h2-14,27H,15H2,1H3,(H,28,30)/b22-14-,27-25?. The summed E-state index contributed by atoms with van der Waals surface area (Å²) in [6, 6.07) is 20.8. The third-order valence-corrected chi connectivity index (χ3v) is 5.99. The third-order valence-electron chi connectivity index (χ3n) is 4.85. The van der Waals surface area contributed by atoms with Crippen LogP contribution in [0.4, 0.5) is 11.4 Å². The van der Waals surface area contributed by atoms with Crippen molar-refractivity contribution in [2.75, 3.05) is 23.9 Å². The average molecular weight is 494 g/mol. The van der Waals surface area contributed by atoms with E-state index >= 15 is 0 Å². The highest BCUT2D eigenvalue weighted by molar-refractivity contribution is 8.19. The van der Waals surface area contributed by atoms with Gasteiger partial charge in [-0.2, -0.15) is 0 Å². The molecule has 7 nitrogen and oxygen atoms in total. The number of anilines is 2. The number of carbonyl (C=O) groups is 2. The molecule has 9 heteroatoms. The zero-order valence-corrected chi connectivity index (χ0v) is 19.7. The number of amides is 2. The van der Waals surface area contributed by atoms with Crippen LogP contribution in [0.1, 0.15) is 5.56 Å². The second-order valence-corrected chi connectivity index (χ2v) is 8.60. The molecular weight excluding hydrogens is 474 g/mol. The van der Waals surface area contributed by atoms with E-state index in [0.29, 0.717) is 38.4 Å². The van der Waals surface area contributed by atoms with Crippen molar-refractivity contribution >= 4 is 57.8 Å². The smallest absolute Gasteiger partial charge is 0.271 e. The first-order chi connectivity index (χ1) is 16.4. The van der Waals surface area contributed by atoms with E-state index in [-0.39, 0.29) is 23.6 Å². The van der Waals surface area contributed by atoms with Crippen molar-refractivity contribution in [3.8, 4) is 11.5 Å². The Bertz CT molecular complexity index is 1260.